The lowest BCUT2D eigenvalue weighted by atomic mass is 9.93. The Morgan fingerprint density at radius 3 is 2.29 bits per heavy atom. The van der Waals surface area contributed by atoms with E-state index in [0.717, 1.165) is 44.5 Å². The second-order valence-electron chi connectivity index (χ2n) is 8.72. The van der Waals surface area contributed by atoms with Crippen LogP contribution >= 0.6 is 11.6 Å². The summed E-state index contributed by atoms with van der Waals surface area (Å²) in [5.74, 6) is 1.43. The molecule has 2 aliphatic heterocycles. The molecule has 5 rings (SSSR count). The molecule has 3 aliphatic rings. The highest BCUT2D eigenvalue weighted by molar-refractivity contribution is 6.30. The van der Waals surface area contributed by atoms with Gasteiger partial charge in [0.1, 0.15) is 17.4 Å². The number of halogens is 1. The minimum atomic E-state index is 0.134. The number of fused-ring (bicyclic) bond motifs is 2. The Labute approximate surface area is 187 Å². The molecular weight excluding hydrogens is 414 g/mol. The van der Waals surface area contributed by atoms with Crippen molar-refractivity contribution >= 4 is 17.5 Å². The van der Waals surface area contributed by atoms with Gasteiger partial charge in [-0.15, -0.1) is 0 Å². The van der Waals surface area contributed by atoms with Gasteiger partial charge in [0.15, 0.2) is 0 Å². The third-order valence-corrected chi connectivity index (χ3v) is 6.92. The minimum absolute atomic E-state index is 0.134. The molecule has 2 aromatic heterocycles. The van der Waals surface area contributed by atoms with Crippen molar-refractivity contribution in [3.05, 3.63) is 41.4 Å². The van der Waals surface area contributed by atoms with Crippen LogP contribution in [0.15, 0.2) is 30.9 Å². The summed E-state index contributed by atoms with van der Waals surface area (Å²) in [4.78, 5) is 15.3. The molecule has 31 heavy (non-hydrogen) atoms. The van der Waals surface area contributed by atoms with Gasteiger partial charge in [0.2, 0.25) is 5.95 Å². The predicted molar refractivity (Wildman–Crippen MR) is 116 cm³/mol. The summed E-state index contributed by atoms with van der Waals surface area (Å²) in [5.41, 5.74) is 0.493. The van der Waals surface area contributed by atoms with Crippen LogP contribution in [0.1, 0.15) is 56.9 Å². The maximum atomic E-state index is 9.22. The van der Waals surface area contributed by atoms with Gasteiger partial charge in [-0.2, -0.15) is 5.26 Å². The zero-order valence-electron chi connectivity index (χ0n) is 17.4. The van der Waals surface area contributed by atoms with E-state index in [2.05, 4.69) is 25.9 Å². The number of hydrogen-bond acceptors (Lipinski definition) is 7. The average molecular weight is 440 g/mol. The third-order valence-electron chi connectivity index (χ3n) is 6.73. The van der Waals surface area contributed by atoms with E-state index in [9.17, 15) is 5.26 Å². The first-order valence-electron chi connectivity index (χ1n) is 11.1. The van der Waals surface area contributed by atoms with E-state index in [1.165, 1.54) is 12.8 Å². The minimum Gasteiger partial charge on any atom is -0.489 e. The van der Waals surface area contributed by atoms with Crippen LogP contribution < -0.4 is 9.64 Å². The lowest BCUT2D eigenvalue weighted by molar-refractivity contribution is -0.0583. The summed E-state index contributed by atoms with van der Waals surface area (Å²) in [5, 5.41) is 9.79. The maximum Gasteiger partial charge on any atom is 0.225 e. The van der Waals surface area contributed by atoms with Crippen LogP contribution in [0.3, 0.4) is 0 Å². The molecule has 0 unspecified atom stereocenters. The standard InChI is InChI=1S/C23H26ClN5O2/c24-16-13-27-23(28-14-16)29-17-1-2-18(29)10-21(9-17)30-19-3-5-20(6-4-19)31-22-7-8-26-12-15(22)11-25/h7-8,12-14,17-21H,1-6,9-10H2/t17-,18-,19?,20?/m1/s1. The van der Waals surface area contributed by atoms with Crippen LogP contribution in [-0.4, -0.2) is 45.3 Å². The first kappa shape index (κ1) is 20.5. The van der Waals surface area contributed by atoms with E-state index in [1.54, 1.807) is 30.9 Å². The Kier molecular flexibility index (Phi) is 5.93. The molecule has 2 saturated heterocycles. The van der Waals surface area contributed by atoms with E-state index >= 15 is 0 Å². The van der Waals surface area contributed by atoms with Crippen LogP contribution in [0.2, 0.25) is 5.02 Å². The number of nitrogens with zero attached hydrogens (tertiary/aromatic N) is 5. The number of ether oxygens (including phenoxy) is 2. The summed E-state index contributed by atoms with van der Waals surface area (Å²) in [7, 11) is 0. The Bertz CT molecular complexity index is 928. The van der Waals surface area contributed by atoms with Gasteiger partial charge in [0.05, 0.1) is 35.7 Å². The van der Waals surface area contributed by atoms with Gasteiger partial charge in [0, 0.05) is 24.5 Å². The molecule has 2 bridgehead atoms. The van der Waals surface area contributed by atoms with Crippen molar-refractivity contribution in [2.24, 2.45) is 0 Å². The molecule has 2 atom stereocenters. The van der Waals surface area contributed by atoms with Crippen molar-refractivity contribution in [1.82, 2.24) is 15.0 Å². The van der Waals surface area contributed by atoms with Crippen LogP contribution in [0.4, 0.5) is 5.95 Å². The number of nitriles is 1. The number of hydrogen-bond donors (Lipinski definition) is 0. The molecule has 0 radical (unpaired) electrons. The topological polar surface area (TPSA) is 84.2 Å². The quantitative estimate of drug-likeness (QED) is 0.686. The molecule has 3 fully saturated rings. The summed E-state index contributed by atoms with van der Waals surface area (Å²) in [6, 6.07) is 4.81. The van der Waals surface area contributed by atoms with Crippen molar-refractivity contribution < 1.29 is 9.47 Å². The largest absolute Gasteiger partial charge is 0.489 e. The van der Waals surface area contributed by atoms with Gasteiger partial charge < -0.3 is 14.4 Å². The zero-order valence-corrected chi connectivity index (χ0v) is 18.1. The fourth-order valence-corrected chi connectivity index (χ4v) is 5.41. The van der Waals surface area contributed by atoms with Crippen LogP contribution in [0.5, 0.6) is 5.75 Å². The second kappa shape index (κ2) is 8.97. The monoisotopic (exact) mass is 439 g/mol. The molecule has 0 aromatic carbocycles. The average Bonchev–Trinajstić information content (AvgIpc) is 3.06. The smallest absolute Gasteiger partial charge is 0.225 e. The Balaban J connectivity index is 1.13. The van der Waals surface area contributed by atoms with Crippen LogP contribution in [0, 0.1) is 11.3 Å². The Morgan fingerprint density at radius 2 is 1.61 bits per heavy atom. The fraction of sp³-hybridized carbons (Fsp3) is 0.565. The van der Waals surface area contributed by atoms with E-state index in [4.69, 9.17) is 21.1 Å². The molecular formula is C23H26ClN5O2. The highest BCUT2D eigenvalue weighted by Gasteiger charge is 2.43. The lowest BCUT2D eigenvalue weighted by Crippen LogP contribution is -2.47. The van der Waals surface area contributed by atoms with Crippen molar-refractivity contribution in [1.29, 1.82) is 5.26 Å². The van der Waals surface area contributed by atoms with Crippen LogP contribution in [0.25, 0.3) is 0 Å². The Hall–Kier alpha value is -2.43. The molecule has 162 valence electrons. The third kappa shape index (κ3) is 4.46. The molecule has 7 nitrogen and oxygen atoms in total. The molecule has 1 saturated carbocycles. The van der Waals surface area contributed by atoms with E-state index in [1.807, 2.05) is 0 Å². The summed E-state index contributed by atoms with van der Waals surface area (Å²) >= 11 is 5.95. The summed E-state index contributed by atoms with van der Waals surface area (Å²) in [6.45, 7) is 0. The number of anilines is 1. The van der Waals surface area contributed by atoms with Crippen molar-refractivity contribution in [3.63, 3.8) is 0 Å². The first-order chi connectivity index (χ1) is 15.2. The molecule has 8 heteroatoms. The fourth-order valence-electron chi connectivity index (χ4n) is 5.31. The maximum absolute atomic E-state index is 9.22. The number of rotatable bonds is 5. The van der Waals surface area contributed by atoms with E-state index in [0.29, 0.717) is 34.5 Å². The van der Waals surface area contributed by atoms with Crippen molar-refractivity contribution in [2.45, 2.75) is 81.8 Å². The summed E-state index contributed by atoms with van der Waals surface area (Å²) in [6.07, 6.45) is 15.6. The van der Waals surface area contributed by atoms with Gasteiger partial charge in [-0.05, 0) is 57.4 Å². The van der Waals surface area contributed by atoms with Crippen LogP contribution in [-0.2, 0) is 4.74 Å². The van der Waals surface area contributed by atoms with Crippen molar-refractivity contribution in [2.75, 3.05) is 4.90 Å². The van der Waals surface area contributed by atoms with Gasteiger partial charge in [-0.3, -0.25) is 4.98 Å². The normalized spacial score (nSPS) is 30.1. The molecule has 0 spiro atoms. The predicted octanol–water partition coefficient (Wildman–Crippen LogP) is 4.30. The highest BCUT2D eigenvalue weighted by atomic mass is 35.5. The highest BCUT2D eigenvalue weighted by Crippen LogP contribution is 2.40. The number of pyridine rings is 1. The summed E-state index contributed by atoms with van der Waals surface area (Å²) < 4.78 is 12.6. The lowest BCUT2D eigenvalue weighted by Gasteiger charge is -2.40. The Morgan fingerprint density at radius 1 is 0.935 bits per heavy atom. The molecule has 1 aliphatic carbocycles. The van der Waals surface area contributed by atoms with Gasteiger partial charge >= 0.3 is 0 Å². The molecule has 4 heterocycles. The van der Waals surface area contributed by atoms with Gasteiger partial charge in [-0.25, -0.2) is 9.97 Å². The zero-order chi connectivity index (χ0) is 21.2. The SMILES string of the molecule is N#Cc1cnccc1OC1CCC(OC2C[C@H]3CC[C@H](C2)N3c2ncc(Cl)cn2)CC1. The number of piperidine rings is 1. The van der Waals surface area contributed by atoms with Gasteiger partial charge in [-0.1, -0.05) is 11.6 Å². The molecule has 2 aromatic rings. The van der Waals surface area contributed by atoms with E-state index in [-0.39, 0.29) is 12.2 Å². The second-order valence-corrected chi connectivity index (χ2v) is 9.16. The molecule has 0 N–H and O–H groups in total. The molecule has 0 amide bonds. The van der Waals surface area contributed by atoms with Crippen molar-refractivity contribution in [3.8, 4) is 11.8 Å². The number of aromatic nitrogens is 3. The first-order valence-corrected chi connectivity index (χ1v) is 11.5. The van der Waals surface area contributed by atoms with E-state index < -0.39 is 0 Å². The van der Waals surface area contributed by atoms with Gasteiger partial charge in [0.25, 0.3) is 0 Å².